The van der Waals surface area contributed by atoms with Crippen LogP contribution in [-0.4, -0.2) is 86.0 Å². The van der Waals surface area contributed by atoms with Crippen molar-refractivity contribution in [1.29, 1.82) is 0 Å². The van der Waals surface area contributed by atoms with Crippen molar-refractivity contribution in [3.05, 3.63) is 22.4 Å². The van der Waals surface area contributed by atoms with E-state index in [-0.39, 0.29) is 5.41 Å². The van der Waals surface area contributed by atoms with Crippen LogP contribution in [-0.2, 0) is 10.2 Å². The molecule has 28 heavy (non-hydrogen) atoms. The van der Waals surface area contributed by atoms with Gasteiger partial charge in [0.15, 0.2) is 5.96 Å². The minimum atomic E-state index is 0.0762. The summed E-state index contributed by atoms with van der Waals surface area (Å²) in [5.74, 6) is 1.26. The van der Waals surface area contributed by atoms with Gasteiger partial charge in [0.25, 0.3) is 0 Å². The number of guanidine groups is 1. The third-order valence-electron chi connectivity index (χ3n) is 5.83. The Kier molecular flexibility index (Phi) is 7.35. The molecule has 3 rings (SSSR count). The second kappa shape index (κ2) is 9.74. The first-order valence-electron chi connectivity index (χ1n) is 10.5. The number of likely N-dealkylation sites (tertiary alicyclic amines) is 1. The molecule has 0 saturated carbocycles. The molecule has 0 bridgehead atoms. The van der Waals surface area contributed by atoms with Gasteiger partial charge in [0, 0.05) is 63.2 Å². The van der Waals surface area contributed by atoms with Crippen LogP contribution < -0.4 is 5.32 Å². The topological polar surface area (TPSA) is 51.2 Å². The predicted octanol–water partition coefficient (Wildman–Crippen LogP) is 2.23. The lowest BCUT2D eigenvalue weighted by atomic mass is 9.91. The van der Waals surface area contributed by atoms with Crippen LogP contribution in [0.1, 0.15) is 38.0 Å². The number of piperazine rings is 1. The van der Waals surface area contributed by atoms with Crippen molar-refractivity contribution in [3.63, 3.8) is 0 Å². The maximum atomic E-state index is 12.5. The van der Waals surface area contributed by atoms with Gasteiger partial charge >= 0.3 is 0 Å². The highest BCUT2D eigenvalue weighted by Gasteiger charge is 2.26. The van der Waals surface area contributed by atoms with Gasteiger partial charge in [0.05, 0.1) is 6.54 Å². The van der Waals surface area contributed by atoms with Crippen LogP contribution in [0.4, 0.5) is 0 Å². The smallest absolute Gasteiger partial charge is 0.236 e. The van der Waals surface area contributed by atoms with E-state index in [0.717, 1.165) is 64.6 Å². The Morgan fingerprint density at radius 2 is 1.82 bits per heavy atom. The van der Waals surface area contributed by atoms with E-state index in [1.807, 2.05) is 11.9 Å². The van der Waals surface area contributed by atoms with Gasteiger partial charge in [-0.05, 0) is 30.7 Å². The Labute approximate surface area is 173 Å². The zero-order valence-corrected chi connectivity index (χ0v) is 18.4. The Morgan fingerprint density at radius 3 is 2.43 bits per heavy atom. The van der Waals surface area contributed by atoms with E-state index < -0.39 is 0 Å². The van der Waals surface area contributed by atoms with Crippen molar-refractivity contribution < 1.29 is 4.79 Å². The third kappa shape index (κ3) is 5.47. The normalized spacial score (nSPS) is 19.8. The van der Waals surface area contributed by atoms with Crippen LogP contribution in [0.3, 0.4) is 0 Å². The minimum Gasteiger partial charge on any atom is -0.355 e. The van der Waals surface area contributed by atoms with Crippen LogP contribution in [0.2, 0.25) is 0 Å². The average Bonchev–Trinajstić information content (AvgIpc) is 3.26. The lowest BCUT2D eigenvalue weighted by Crippen LogP contribution is -2.55. The zero-order chi connectivity index (χ0) is 20.0. The number of nitrogens with zero attached hydrogens (tertiary/aromatic N) is 4. The minimum absolute atomic E-state index is 0.0762. The second-order valence-corrected chi connectivity index (χ2v) is 9.41. The molecule has 6 nitrogen and oxygen atoms in total. The number of hydrogen-bond donors (Lipinski definition) is 1. The van der Waals surface area contributed by atoms with E-state index in [1.54, 1.807) is 11.3 Å². The standard InChI is InChI=1S/C21H35N5OS/c1-21(2,18-8-7-15-28-18)17-23-20(22-3)26-13-11-24(12-14-26)16-19(27)25-9-5-4-6-10-25/h7-8,15H,4-6,9-14,16-17H2,1-3H3,(H,22,23). The lowest BCUT2D eigenvalue weighted by molar-refractivity contribution is -0.133. The average molecular weight is 406 g/mol. The highest BCUT2D eigenvalue weighted by atomic mass is 32.1. The number of aliphatic imine (C=N–C) groups is 1. The monoisotopic (exact) mass is 405 g/mol. The largest absolute Gasteiger partial charge is 0.355 e. The third-order valence-corrected chi connectivity index (χ3v) is 7.06. The Balaban J connectivity index is 1.44. The molecular formula is C21H35N5OS. The van der Waals surface area contributed by atoms with Gasteiger partial charge in [-0.2, -0.15) is 0 Å². The fourth-order valence-electron chi connectivity index (χ4n) is 3.94. The second-order valence-electron chi connectivity index (χ2n) is 8.47. The zero-order valence-electron chi connectivity index (χ0n) is 17.6. The molecule has 1 N–H and O–H groups in total. The molecule has 1 aromatic rings. The molecule has 156 valence electrons. The summed E-state index contributed by atoms with van der Waals surface area (Å²) >= 11 is 1.81. The van der Waals surface area contributed by atoms with Crippen molar-refractivity contribution in [3.8, 4) is 0 Å². The van der Waals surface area contributed by atoms with Crippen LogP contribution >= 0.6 is 11.3 Å². The van der Waals surface area contributed by atoms with Gasteiger partial charge in [-0.3, -0.25) is 14.7 Å². The molecule has 0 unspecified atom stereocenters. The molecule has 0 radical (unpaired) electrons. The van der Waals surface area contributed by atoms with E-state index in [4.69, 9.17) is 0 Å². The molecule has 0 aliphatic carbocycles. The molecule has 7 heteroatoms. The molecule has 3 heterocycles. The number of rotatable bonds is 5. The Hall–Kier alpha value is -1.60. The number of hydrogen-bond acceptors (Lipinski definition) is 4. The molecule has 2 saturated heterocycles. The fraction of sp³-hybridized carbons (Fsp3) is 0.714. The van der Waals surface area contributed by atoms with Gasteiger partial charge in [-0.15, -0.1) is 11.3 Å². The molecule has 1 aromatic heterocycles. The molecule has 0 spiro atoms. The van der Waals surface area contributed by atoms with Crippen molar-refractivity contribution in [1.82, 2.24) is 20.0 Å². The first kappa shape index (κ1) is 21.1. The van der Waals surface area contributed by atoms with Gasteiger partial charge in [-0.1, -0.05) is 19.9 Å². The molecule has 2 aliphatic rings. The van der Waals surface area contributed by atoms with Gasteiger partial charge < -0.3 is 15.1 Å². The summed E-state index contributed by atoms with van der Waals surface area (Å²) in [4.78, 5) is 25.0. The van der Waals surface area contributed by atoms with Crippen LogP contribution in [0, 0.1) is 0 Å². The van der Waals surface area contributed by atoms with Crippen LogP contribution in [0.5, 0.6) is 0 Å². The number of thiophene rings is 1. The first-order chi connectivity index (χ1) is 13.5. The van der Waals surface area contributed by atoms with Crippen molar-refractivity contribution in [2.75, 3.05) is 59.4 Å². The summed E-state index contributed by atoms with van der Waals surface area (Å²) in [7, 11) is 1.85. The first-order valence-corrected chi connectivity index (χ1v) is 11.4. The van der Waals surface area contributed by atoms with Gasteiger partial charge in [0.1, 0.15) is 0 Å². The lowest BCUT2D eigenvalue weighted by Gasteiger charge is -2.38. The molecule has 1 amide bonds. The van der Waals surface area contributed by atoms with E-state index in [1.165, 1.54) is 11.3 Å². The van der Waals surface area contributed by atoms with Gasteiger partial charge in [0.2, 0.25) is 5.91 Å². The molecule has 0 atom stereocenters. The summed E-state index contributed by atoms with van der Waals surface area (Å²) < 4.78 is 0. The van der Waals surface area contributed by atoms with E-state index in [0.29, 0.717) is 12.5 Å². The van der Waals surface area contributed by atoms with Crippen molar-refractivity contribution >= 4 is 23.2 Å². The molecule has 0 aromatic carbocycles. The maximum Gasteiger partial charge on any atom is 0.236 e. The highest BCUT2D eigenvalue weighted by Crippen LogP contribution is 2.26. The molecule has 2 fully saturated rings. The van der Waals surface area contributed by atoms with Gasteiger partial charge in [-0.25, -0.2) is 0 Å². The Morgan fingerprint density at radius 1 is 1.11 bits per heavy atom. The number of nitrogens with one attached hydrogen (secondary N) is 1. The number of carbonyl (C=O) groups excluding carboxylic acids is 1. The highest BCUT2D eigenvalue weighted by molar-refractivity contribution is 7.10. The number of carbonyl (C=O) groups is 1. The fourth-order valence-corrected chi connectivity index (χ4v) is 4.79. The van der Waals surface area contributed by atoms with E-state index >= 15 is 0 Å². The van der Waals surface area contributed by atoms with Crippen molar-refractivity contribution in [2.45, 2.75) is 38.5 Å². The van der Waals surface area contributed by atoms with E-state index in [2.05, 4.69) is 51.5 Å². The molecular weight excluding hydrogens is 370 g/mol. The van der Waals surface area contributed by atoms with E-state index in [9.17, 15) is 4.79 Å². The van der Waals surface area contributed by atoms with Crippen LogP contribution in [0.25, 0.3) is 0 Å². The summed E-state index contributed by atoms with van der Waals surface area (Å²) in [6, 6.07) is 4.31. The maximum absolute atomic E-state index is 12.5. The summed E-state index contributed by atoms with van der Waals surface area (Å²) in [5, 5.41) is 5.70. The van der Waals surface area contributed by atoms with Crippen LogP contribution in [0.15, 0.2) is 22.5 Å². The quantitative estimate of drug-likeness (QED) is 0.603. The van der Waals surface area contributed by atoms with Crippen molar-refractivity contribution in [2.24, 2.45) is 4.99 Å². The number of piperidine rings is 1. The summed E-state index contributed by atoms with van der Waals surface area (Å²) in [6.07, 6.45) is 3.57. The summed E-state index contributed by atoms with van der Waals surface area (Å²) in [6.45, 7) is 11.5. The predicted molar refractivity (Wildman–Crippen MR) is 117 cm³/mol. The summed E-state index contributed by atoms with van der Waals surface area (Å²) in [5.41, 5.74) is 0.0762. The SMILES string of the molecule is CN=C(NCC(C)(C)c1cccs1)N1CCN(CC(=O)N2CCCCC2)CC1. The molecule has 2 aliphatic heterocycles. The number of amides is 1. The Bertz CT molecular complexity index is 644.